The van der Waals surface area contributed by atoms with E-state index >= 15 is 0 Å². The first-order valence-electron chi connectivity index (χ1n) is 2.10. The Labute approximate surface area is 80.9 Å². The second-order valence-electron chi connectivity index (χ2n) is 1.04. The molecule has 1 radical (unpaired) electrons. The van der Waals surface area contributed by atoms with Gasteiger partial charge < -0.3 is 0 Å². The molecule has 1 aromatic carbocycles. The van der Waals surface area contributed by atoms with Crippen LogP contribution in [0, 0.1) is 0 Å². The molecule has 0 fully saturated rings. The SMILES string of the molecule is Cl[B]Cl.[Ti].c1cc[cH-]c1. The zero-order chi connectivity index (χ0) is 6.24. The summed E-state index contributed by atoms with van der Waals surface area (Å²) in [6, 6.07) is 10.0. The molecule has 0 amide bonds. The van der Waals surface area contributed by atoms with Crippen molar-refractivity contribution in [1.82, 2.24) is 0 Å². The van der Waals surface area contributed by atoms with E-state index in [4.69, 9.17) is 0 Å². The predicted molar refractivity (Wildman–Crippen MR) is 39.5 cm³/mol. The van der Waals surface area contributed by atoms with Crippen molar-refractivity contribution in [1.29, 1.82) is 0 Å². The molecule has 1 aromatic rings. The second kappa shape index (κ2) is 11.5. The number of hydrogen-bond acceptors (Lipinski definition) is 0. The maximum absolute atomic E-state index is 4.64. The summed E-state index contributed by atoms with van der Waals surface area (Å²) >= 11 is 9.28. The van der Waals surface area contributed by atoms with E-state index in [9.17, 15) is 0 Å². The van der Waals surface area contributed by atoms with Crippen molar-refractivity contribution in [3.63, 3.8) is 0 Å². The normalized spacial score (nSPS) is 6.00. The Morgan fingerprint density at radius 2 is 1.44 bits per heavy atom. The van der Waals surface area contributed by atoms with Crippen LogP contribution in [0.15, 0.2) is 30.3 Å². The van der Waals surface area contributed by atoms with Gasteiger partial charge in [-0.2, -0.15) is 41.1 Å². The molecule has 0 aliphatic carbocycles. The summed E-state index contributed by atoms with van der Waals surface area (Å²) < 4.78 is 0. The molecule has 9 heavy (non-hydrogen) atoms. The first-order chi connectivity index (χ1) is 3.91. The van der Waals surface area contributed by atoms with E-state index in [1.54, 1.807) is 0 Å². The minimum atomic E-state index is 0. The van der Waals surface area contributed by atoms with Crippen molar-refractivity contribution in [3.8, 4) is 0 Å². The quantitative estimate of drug-likeness (QED) is 0.440. The van der Waals surface area contributed by atoms with Crippen LogP contribution in [-0.2, 0) is 21.7 Å². The van der Waals surface area contributed by atoms with Gasteiger partial charge in [0.15, 0.2) is 0 Å². The second-order valence-corrected chi connectivity index (χ2v) is 1.70. The summed E-state index contributed by atoms with van der Waals surface area (Å²) in [4.78, 5) is 0. The van der Waals surface area contributed by atoms with Gasteiger partial charge in [-0.05, 0) is 0 Å². The van der Waals surface area contributed by atoms with Crippen LogP contribution in [-0.4, -0.2) is 6.11 Å². The van der Waals surface area contributed by atoms with Crippen molar-refractivity contribution >= 4 is 29.0 Å². The topological polar surface area (TPSA) is 0 Å². The van der Waals surface area contributed by atoms with Crippen molar-refractivity contribution in [3.05, 3.63) is 30.3 Å². The summed E-state index contributed by atoms with van der Waals surface area (Å²) in [6.07, 6.45) is 0.944. The fourth-order valence-electron chi connectivity index (χ4n) is 0.321. The van der Waals surface area contributed by atoms with Gasteiger partial charge in [-0.3, -0.25) is 0 Å². The molecule has 0 bridgehead atoms. The van der Waals surface area contributed by atoms with E-state index in [2.05, 4.69) is 22.9 Å². The molecule has 0 unspecified atom stereocenters. The van der Waals surface area contributed by atoms with Gasteiger partial charge in [0.2, 0.25) is 0 Å². The molecule has 47 valence electrons. The van der Waals surface area contributed by atoms with E-state index in [0.717, 1.165) is 6.11 Å². The summed E-state index contributed by atoms with van der Waals surface area (Å²) in [6.45, 7) is 0. The summed E-state index contributed by atoms with van der Waals surface area (Å²) in [7, 11) is 0. The Morgan fingerprint density at radius 3 is 1.56 bits per heavy atom. The fourth-order valence-corrected chi connectivity index (χ4v) is 0.321. The van der Waals surface area contributed by atoms with Gasteiger partial charge in [0.05, 0.1) is 0 Å². The van der Waals surface area contributed by atoms with Gasteiger partial charge in [0, 0.05) is 21.7 Å². The van der Waals surface area contributed by atoms with Crippen LogP contribution in [0.1, 0.15) is 0 Å². The number of rotatable bonds is 0. The molecule has 0 N–H and O–H groups in total. The molecule has 0 atom stereocenters. The van der Waals surface area contributed by atoms with Gasteiger partial charge in [-0.15, -0.1) is 0 Å². The van der Waals surface area contributed by atoms with Crippen LogP contribution in [0.25, 0.3) is 0 Å². The number of hydrogen-bond donors (Lipinski definition) is 0. The molecular weight excluding hydrogens is 190 g/mol. The molecule has 0 heterocycles. The van der Waals surface area contributed by atoms with Crippen LogP contribution >= 0.6 is 22.9 Å². The van der Waals surface area contributed by atoms with Crippen molar-refractivity contribution in [2.24, 2.45) is 0 Å². The van der Waals surface area contributed by atoms with Crippen molar-refractivity contribution in [2.45, 2.75) is 0 Å². The molecule has 4 heteroatoms. The monoisotopic (exact) mass is 194 g/mol. The van der Waals surface area contributed by atoms with E-state index in [0.29, 0.717) is 0 Å². The first kappa shape index (κ1) is 12.4. The van der Waals surface area contributed by atoms with Crippen LogP contribution in [0.5, 0.6) is 0 Å². The van der Waals surface area contributed by atoms with Crippen molar-refractivity contribution in [2.75, 3.05) is 0 Å². The van der Waals surface area contributed by atoms with Gasteiger partial charge >= 0.3 is 6.11 Å². The van der Waals surface area contributed by atoms with Crippen LogP contribution in [0.4, 0.5) is 0 Å². The molecular formula is C5H5BCl2Ti-. The third-order valence-electron chi connectivity index (χ3n) is 0.556. The van der Waals surface area contributed by atoms with Gasteiger partial charge in [0.25, 0.3) is 0 Å². The third kappa shape index (κ3) is 12.0. The number of halogens is 2. The Hall–Kier alpha value is 0.709. The predicted octanol–water partition coefficient (Wildman–Crippen LogP) is 2.40. The largest absolute Gasteiger partial charge is 0.357 e. The fraction of sp³-hybridized carbons (Fsp3) is 0. The van der Waals surface area contributed by atoms with E-state index < -0.39 is 0 Å². The average Bonchev–Trinajstić information content (AvgIpc) is 2.17. The standard InChI is InChI=1S/C5H5.BCl2.Ti/c1-2-4-5-3-1;2-1-3;/h1-5H;;/q-1;;. The van der Waals surface area contributed by atoms with Gasteiger partial charge in [-0.25, -0.2) is 12.1 Å². The van der Waals surface area contributed by atoms with Gasteiger partial charge in [0.1, 0.15) is 0 Å². The van der Waals surface area contributed by atoms with E-state index in [-0.39, 0.29) is 21.7 Å². The molecule has 0 spiro atoms. The summed E-state index contributed by atoms with van der Waals surface area (Å²) in [5.41, 5.74) is 0. The molecule has 0 aromatic heterocycles. The Morgan fingerprint density at radius 1 is 1.11 bits per heavy atom. The Bertz CT molecular complexity index is 81.9. The molecule has 0 saturated heterocycles. The molecule has 0 saturated carbocycles. The van der Waals surface area contributed by atoms with Gasteiger partial charge in [-0.1, -0.05) is 0 Å². The van der Waals surface area contributed by atoms with E-state index in [1.807, 2.05) is 30.3 Å². The Balaban J connectivity index is 0. The molecule has 0 nitrogen and oxygen atoms in total. The minimum Gasteiger partial charge on any atom is -0.214 e. The molecule has 0 aliphatic rings. The van der Waals surface area contributed by atoms with Crippen LogP contribution in [0.3, 0.4) is 0 Å². The molecule has 0 aliphatic heterocycles. The average molecular weight is 195 g/mol. The third-order valence-corrected chi connectivity index (χ3v) is 0.556. The smallest absolute Gasteiger partial charge is 0.214 e. The van der Waals surface area contributed by atoms with Crippen LogP contribution < -0.4 is 0 Å². The maximum atomic E-state index is 4.64. The zero-order valence-electron chi connectivity index (χ0n) is 4.72. The van der Waals surface area contributed by atoms with E-state index in [1.165, 1.54) is 0 Å². The van der Waals surface area contributed by atoms with Crippen molar-refractivity contribution < 1.29 is 21.7 Å². The first-order valence-corrected chi connectivity index (χ1v) is 2.98. The Kier molecular flexibility index (Phi) is 15.8. The summed E-state index contributed by atoms with van der Waals surface area (Å²) in [5, 5.41) is 0. The van der Waals surface area contributed by atoms with Crippen LogP contribution in [0.2, 0.25) is 0 Å². The molecule has 1 rings (SSSR count). The zero-order valence-corrected chi connectivity index (χ0v) is 7.79. The maximum Gasteiger partial charge on any atom is 0.357 e. The summed E-state index contributed by atoms with van der Waals surface area (Å²) in [5.74, 6) is 0. The minimum absolute atomic E-state index is 0.